The number of anilines is 2. The van der Waals surface area contributed by atoms with E-state index in [-0.39, 0.29) is 12.3 Å². The highest BCUT2D eigenvalue weighted by Gasteiger charge is 2.14. The molecule has 6 nitrogen and oxygen atoms in total. The van der Waals surface area contributed by atoms with Crippen LogP contribution < -0.4 is 11.1 Å². The van der Waals surface area contributed by atoms with Crippen LogP contribution in [0.3, 0.4) is 0 Å². The van der Waals surface area contributed by atoms with Gasteiger partial charge in [-0.25, -0.2) is 4.98 Å². The quantitative estimate of drug-likeness (QED) is 0.169. The van der Waals surface area contributed by atoms with Crippen molar-refractivity contribution in [1.29, 1.82) is 5.41 Å². The first-order chi connectivity index (χ1) is 15.6. The zero-order valence-electron chi connectivity index (χ0n) is 17.6. The predicted octanol–water partition coefficient (Wildman–Crippen LogP) is 5.64. The number of aromatic nitrogens is 2. The maximum absolute atomic E-state index is 12.7. The number of rotatable bonds is 7. The van der Waals surface area contributed by atoms with Gasteiger partial charge in [-0.2, -0.15) is 0 Å². The number of hydrogen-bond acceptors (Lipinski definition) is 5. The lowest BCUT2D eigenvalue weighted by Crippen LogP contribution is -2.15. The van der Waals surface area contributed by atoms with Gasteiger partial charge in [-0.1, -0.05) is 30.4 Å². The van der Waals surface area contributed by atoms with Crippen molar-refractivity contribution in [3.63, 3.8) is 0 Å². The summed E-state index contributed by atoms with van der Waals surface area (Å²) in [5.74, 6) is 0.402. The van der Waals surface area contributed by atoms with E-state index in [1.165, 1.54) is 6.21 Å². The molecule has 0 aliphatic rings. The van der Waals surface area contributed by atoms with Gasteiger partial charge < -0.3 is 21.4 Å². The van der Waals surface area contributed by atoms with Crippen molar-refractivity contribution in [1.82, 2.24) is 9.97 Å². The number of benzene rings is 2. The Morgan fingerprint density at radius 1 is 1.22 bits per heavy atom. The maximum Gasteiger partial charge on any atom is 0.231 e. The number of nitrogen functional groups attached to an aromatic ring is 1. The van der Waals surface area contributed by atoms with Crippen LogP contribution in [0.4, 0.5) is 11.4 Å². The minimum Gasteiger partial charge on any atom is -0.398 e. The molecule has 0 saturated carbocycles. The zero-order chi connectivity index (χ0) is 22.5. The average Bonchev–Trinajstić information content (AvgIpc) is 3.41. The molecule has 0 aliphatic heterocycles. The van der Waals surface area contributed by atoms with Crippen molar-refractivity contribution in [2.45, 2.75) is 13.3 Å². The number of nitrogens with zero attached hydrogens (tertiary/aromatic N) is 1. The Morgan fingerprint density at radius 3 is 2.84 bits per heavy atom. The first-order valence-electron chi connectivity index (χ1n) is 10.1. The fraction of sp³-hybridized carbons (Fsp3) is 0.0800. The van der Waals surface area contributed by atoms with Crippen molar-refractivity contribution in [2.75, 3.05) is 11.1 Å². The number of fused-ring (bicyclic) bond motifs is 1. The molecule has 4 aromatic rings. The van der Waals surface area contributed by atoms with Crippen LogP contribution in [-0.4, -0.2) is 22.1 Å². The van der Waals surface area contributed by atoms with Crippen LogP contribution in [0.15, 0.2) is 66.8 Å². The third-order valence-corrected chi connectivity index (χ3v) is 5.96. The number of carbonyl (C=O) groups excluding carboxylic acids is 1. The molecule has 0 saturated heterocycles. The molecule has 7 heteroatoms. The van der Waals surface area contributed by atoms with Gasteiger partial charge in [-0.05, 0) is 49.4 Å². The van der Waals surface area contributed by atoms with E-state index in [9.17, 15) is 4.79 Å². The van der Waals surface area contributed by atoms with Crippen LogP contribution in [0.2, 0.25) is 0 Å². The summed E-state index contributed by atoms with van der Waals surface area (Å²) in [5.41, 5.74) is 10.5. The molecule has 1 amide bonds. The minimum absolute atomic E-state index is 0.118. The number of nitrogens with two attached hydrogens (primary N) is 1. The molecule has 0 bridgehead atoms. The number of allylic oxidation sites excluding steroid dienone is 3. The molecule has 0 aliphatic carbocycles. The van der Waals surface area contributed by atoms with Crippen molar-refractivity contribution in [3.8, 4) is 10.4 Å². The van der Waals surface area contributed by atoms with Gasteiger partial charge in [0, 0.05) is 38.5 Å². The monoisotopic (exact) mass is 441 g/mol. The first-order valence-corrected chi connectivity index (χ1v) is 11.0. The normalized spacial score (nSPS) is 11.5. The van der Waals surface area contributed by atoms with E-state index < -0.39 is 0 Å². The van der Waals surface area contributed by atoms with Gasteiger partial charge in [0.2, 0.25) is 5.91 Å². The molecule has 0 atom stereocenters. The lowest BCUT2D eigenvalue weighted by atomic mass is 10.0. The van der Waals surface area contributed by atoms with E-state index in [0.29, 0.717) is 22.8 Å². The summed E-state index contributed by atoms with van der Waals surface area (Å²) < 4.78 is 0. The Hall–Kier alpha value is -3.97. The molecule has 0 unspecified atom stereocenters. The maximum atomic E-state index is 12.7. The highest BCUT2D eigenvalue weighted by Crippen LogP contribution is 2.36. The standard InChI is InChI=1S/C25H23N5OS/c1-2-3-4-7-18-10-11-22(32-18)19-13-17(12-16(15-26)25(19)27)28-24(31)14-23-29-20-8-5-6-9-21(20)30-23/h2-13,15,26H,14,27H2,1H3,(H,28,31)(H,29,30)/b3-2-,7-4-,26-15?. The summed E-state index contributed by atoms with van der Waals surface area (Å²) in [6, 6.07) is 15.2. The molecular formula is C25H23N5OS. The van der Waals surface area contributed by atoms with E-state index in [1.54, 1.807) is 17.4 Å². The molecule has 2 heterocycles. The Labute approximate surface area is 190 Å². The SMILES string of the molecule is C/C=C\C=C/c1ccc(-c2cc(NC(=O)Cc3nc4ccccc4[nH]3)cc(C=N)c2N)s1. The van der Waals surface area contributed by atoms with Crippen molar-refractivity contribution in [3.05, 3.63) is 83.0 Å². The largest absolute Gasteiger partial charge is 0.398 e. The summed E-state index contributed by atoms with van der Waals surface area (Å²) in [6.45, 7) is 1.97. The highest BCUT2D eigenvalue weighted by molar-refractivity contribution is 7.16. The molecule has 160 valence electrons. The van der Waals surface area contributed by atoms with Gasteiger partial charge in [0.1, 0.15) is 5.82 Å². The number of hydrogen-bond donors (Lipinski definition) is 4. The predicted molar refractivity (Wildman–Crippen MR) is 134 cm³/mol. The Morgan fingerprint density at radius 2 is 2.06 bits per heavy atom. The Balaban J connectivity index is 1.57. The number of carbonyl (C=O) groups is 1. The van der Waals surface area contributed by atoms with Gasteiger partial charge in [0.25, 0.3) is 0 Å². The van der Waals surface area contributed by atoms with Gasteiger partial charge in [-0.3, -0.25) is 4.79 Å². The van der Waals surface area contributed by atoms with E-state index >= 15 is 0 Å². The van der Waals surface area contributed by atoms with Gasteiger partial charge in [-0.15, -0.1) is 11.3 Å². The molecule has 0 spiro atoms. The van der Waals surface area contributed by atoms with Crippen LogP contribution >= 0.6 is 11.3 Å². The second kappa shape index (κ2) is 9.45. The van der Waals surface area contributed by atoms with Gasteiger partial charge in [0.15, 0.2) is 0 Å². The number of nitrogens with one attached hydrogen (secondary N) is 3. The number of amides is 1. The summed E-state index contributed by atoms with van der Waals surface area (Å²) in [6.07, 6.45) is 9.27. The number of H-pyrrole nitrogens is 1. The minimum atomic E-state index is -0.197. The Bertz CT molecular complexity index is 1310. The molecule has 5 N–H and O–H groups in total. The summed E-state index contributed by atoms with van der Waals surface area (Å²) in [7, 11) is 0. The summed E-state index contributed by atoms with van der Waals surface area (Å²) >= 11 is 1.60. The van der Waals surface area contributed by atoms with E-state index in [4.69, 9.17) is 11.1 Å². The molecule has 2 aromatic carbocycles. The smallest absolute Gasteiger partial charge is 0.231 e. The van der Waals surface area contributed by atoms with Crippen molar-refractivity contribution >= 4 is 51.9 Å². The second-order valence-corrected chi connectivity index (χ2v) is 8.30. The second-order valence-electron chi connectivity index (χ2n) is 7.18. The number of thiophene rings is 1. The highest BCUT2D eigenvalue weighted by atomic mass is 32.1. The zero-order valence-corrected chi connectivity index (χ0v) is 18.4. The fourth-order valence-electron chi connectivity index (χ4n) is 3.37. The van der Waals surface area contributed by atoms with Crippen LogP contribution in [0.1, 0.15) is 23.2 Å². The lowest BCUT2D eigenvalue weighted by Gasteiger charge is -2.12. The first kappa shape index (κ1) is 21.3. The van der Waals surface area contributed by atoms with E-state index in [0.717, 1.165) is 26.4 Å². The molecular weight excluding hydrogens is 418 g/mol. The van der Waals surface area contributed by atoms with Crippen LogP contribution in [0.5, 0.6) is 0 Å². The van der Waals surface area contributed by atoms with E-state index in [1.807, 2.05) is 73.7 Å². The van der Waals surface area contributed by atoms with Crippen molar-refractivity contribution < 1.29 is 4.79 Å². The van der Waals surface area contributed by atoms with Crippen molar-refractivity contribution in [2.24, 2.45) is 0 Å². The molecule has 32 heavy (non-hydrogen) atoms. The topological polar surface area (TPSA) is 108 Å². The fourth-order valence-corrected chi connectivity index (χ4v) is 4.32. The number of imidazole rings is 1. The molecule has 4 rings (SSSR count). The number of aromatic amines is 1. The average molecular weight is 442 g/mol. The molecule has 0 fully saturated rings. The Kier molecular flexibility index (Phi) is 6.28. The van der Waals surface area contributed by atoms with Crippen LogP contribution in [0, 0.1) is 5.41 Å². The van der Waals surface area contributed by atoms with E-state index in [2.05, 4.69) is 15.3 Å². The summed E-state index contributed by atoms with van der Waals surface area (Å²) in [5, 5.41) is 10.7. The molecule has 0 radical (unpaired) electrons. The summed E-state index contributed by atoms with van der Waals surface area (Å²) in [4.78, 5) is 22.4. The number of para-hydroxylation sites is 2. The van der Waals surface area contributed by atoms with Gasteiger partial charge >= 0.3 is 0 Å². The van der Waals surface area contributed by atoms with Crippen LogP contribution in [-0.2, 0) is 11.2 Å². The van der Waals surface area contributed by atoms with Gasteiger partial charge in [0.05, 0.1) is 17.5 Å². The third kappa shape index (κ3) is 4.68. The third-order valence-electron chi connectivity index (χ3n) is 4.87. The lowest BCUT2D eigenvalue weighted by molar-refractivity contribution is -0.115. The van der Waals surface area contributed by atoms with Crippen LogP contribution in [0.25, 0.3) is 27.6 Å². The molecule has 2 aromatic heterocycles.